The molecule has 0 amide bonds. The van der Waals surface area contributed by atoms with Crippen LogP contribution in [0.5, 0.6) is 0 Å². The molecule has 1 aliphatic heterocycles. The number of nitrogens with zero attached hydrogens (tertiary/aromatic N) is 1. The van der Waals surface area contributed by atoms with Crippen molar-refractivity contribution in [2.24, 2.45) is 0 Å². The normalized spacial score (nSPS) is 14.4. The Hall–Kier alpha value is -2.20. The van der Waals surface area contributed by atoms with Gasteiger partial charge in [-0.2, -0.15) is 0 Å². The van der Waals surface area contributed by atoms with Gasteiger partial charge in [0.1, 0.15) is 11.3 Å². The van der Waals surface area contributed by atoms with Crippen LogP contribution in [-0.4, -0.2) is 11.5 Å². The van der Waals surface area contributed by atoms with Crippen LogP contribution in [0.1, 0.15) is 11.1 Å². The maximum atomic E-state index is 13.2. The van der Waals surface area contributed by atoms with Gasteiger partial charge in [-0.1, -0.05) is 6.07 Å². The molecule has 0 unspecified atom stereocenters. The third-order valence-corrected chi connectivity index (χ3v) is 3.69. The SMILES string of the molecule is Fc1ccc2oc(-c3ccc4c(c3)CNCC4)nc2c1. The molecular formula is C16H13FN2O. The van der Waals surface area contributed by atoms with Crippen LogP contribution < -0.4 is 5.32 Å². The van der Waals surface area contributed by atoms with Gasteiger partial charge in [0.25, 0.3) is 0 Å². The molecule has 1 N–H and O–H groups in total. The summed E-state index contributed by atoms with van der Waals surface area (Å²) in [6, 6.07) is 10.6. The van der Waals surface area contributed by atoms with E-state index in [2.05, 4.69) is 22.4 Å². The van der Waals surface area contributed by atoms with E-state index in [1.807, 2.05) is 6.07 Å². The molecule has 0 radical (unpaired) electrons. The molecule has 0 spiro atoms. The van der Waals surface area contributed by atoms with Crippen LogP contribution >= 0.6 is 0 Å². The van der Waals surface area contributed by atoms with Gasteiger partial charge in [0.15, 0.2) is 5.58 Å². The van der Waals surface area contributed by atoms with Gasteiger partial charge in [0, 0.05) is 18.2 Å². The van der Waals surface area contributed by atoms with E-state index < -0.39 is 0 Å². The molecule has 100 valence electrons. The first-order valence-corrected chi connectivity index (χ1v) is 6.68. The maximum absolute atomic E-state index is 13.2. The summed E-state index contributed by atoms with van der Waals surface area (Å²) in [5.74, 6) is 0.242. The summed E-state index contributed by atoms with van der Waals surface area (Å²) in [6.07, 6.45) is 1.05. The Labute approximate surface area is 115 Å². The van der Waals surface area contributed by atoms with E-state index in [9.17, 15) is 4.39 Å². The van der Waals surface area contributed by atoms with Crippen molar-refractivity contribution in [3.05, 3.63) is 53.3 Å². The second kappa shape index (κ2) is 4.42. The number of benzene rings is 2. The molecule has 0 saturated carbocycles. The van der Waals surface area contributed by atoms with E-state index in [1.165, 1.54) is 23.3 Å². The summed E-state index contributed by atoms with van der Waals surface area (Å²) in [6.45, 7) is 1.90. The quantitative estimate of drug-likeness (QED) is 0.736. The molecule has 0 bridgehead atoms. The van der Waals surface area contributed by atoms with Gasteiger partial charge < -0.3 is 9.73 Å². The molecule has 0 saturated heterocycles. The molecule has 1 aliphatic rings. The number of oxazole rings is 1. The molecule has 2 aromatic carbocycles. The number of rotatable bonds is 1. The fourth-order valence-electron chi connectivity index (χ4n) is 2.64. The predicted octanol–water partition coefficient (Wildman–Crippen LogP) is 3.28. The Bertz CT molecular complexity index is 794. The van der Waals surface area contributed by atoms with Crippen molar-refractivity contribution in [1.82, 2.24) is 10.3 Å². The minimum atomic E-state index is -0.299. The lowest BCUT2D eigenvalue weighted by Crippen LogP contribution is -2.23. The third-order valence-electron chi connectivity index (χ3n) is 3.69. The van der Waals surface area contributed by atoms with Crippen molar-refractivity contribution in [2.45, 2.75) is 13.0 Å². The minimum Gasteiger partial charge on any atom is -0.436 e. The first-order valence-electron chi connectivity index (χ1n) is 6.68. The fourth-order valence-corrected chi connectivity index (χ4v) is 2.64. The molecule has 0 atom stereocenters. The maximum Gasteiger partial charge on any atom is 0.227 e. The average molecular weight is 268 g/mol. The first kappa shape index (κ1) is 11.6. The van der Waals surface area contributed by atoms with Gasteiger partial charge in [-0.05, 0) is 48.4 Å². The van der Waals surface area contributed by atoms with Gasteiger partial charge in [0.2, 0.25) is 5.89 Å². The highest BCUT2D eigenvalue weighted by atomic mass is 19.1. The topological polar surface area (TPSA) is 38.1 Å². The molecule has 2 heterocycles. The first-order chi connectivity index (χ1) is 9.79. The lowest BCUT2D eigenvalue weighted by atomic mass is 9.98. The van der Waals surface area contributed by atoms with E-state index in [4.69, 9.17) is 4.42 Å². The smallest absolute Gasteiger partial charge is 0.227 e. The van der Waals surface area contributed by atoms with E-state index >= 15 is 0 Å². The number of nitrogens with one attached hydrogen (secondary N) is 1. The number of fused-ring (bicyclic) bond motifs is 2. The predicted molar refractivity (Wildman–Crippen MR) is 74.8 cm³/mol. The summed E-state index contributed by atoms with van der Waals surface area (Å²) < 4.78 is 18.9. The van der Waals surface area contributed by atoms with Crippen molar-refractivity contribution >= 4 is 11.1 Å². The summed E-state index contributed by atoms with van der Waals surface area (Å²) >= 11 is 0. The van der Waals surface area contributed by atoms with Crippen LogP contribution in [0.15, 0.2) is 40.8 Å². The molecule has 4 heteroatoms. The zero-order valence-electron chi connectivity index (χ0n) is 10.8. The van der Waals surface area contributed by atoms with Gasteiger partial charge >= 0.3 is 0 Å². The second-order valence-electron chi connectivity index (χ2n) is 5.04. The minimum absolute atomic E-state index is 0.299. The van der Waals surface area contributed by atoms with E-state index in [0.717, 1.165) is 25.1 Å². The van der Waals surface area contributed by atoms with E-state index in [-0.39, 0.29) is 5.82 Å². The standard InChI is InChI=1S/C16H13FN2O/c17-13-3-4-15-14(8-13)19-16(20-15)11-2-1-10-5-6-18-9-12(10)7-11/h1-4,7-8,18H,5-6,9H2. The van der Waals surface area contributed by atoms with Crippen LogP contribution in [0.25, 0.3) is 22.6 Å². The molecule has 3 aromatic rings. The summed E-state index contributed by atoms with van der Waals surface area (Å²) in [4.78, 5) is 4.37. The molecule has 0 aliphatic carbocycles. The van der Waals surface area contributed by atoms with Gasteiger partial charge in [-0.3, -0.25) is 0 Å². The zero-order chi connectivity index (χ0) is 13.5. The summed E-state index contributed by atoms with van der Waals surface area (Å²) in [7, 11) is 0. The van der Waals surface area contributed by atoms with E-state index in [1.54, 1.807) is 6.07 Å². The number of hydrogen-bond acceptors (Lipinski definition) is 3. The van der Waals surface area contributed by atoms with Crippen LogP contribution in [0.3, 0.4) is 0 Å². The Balaban J connectivity index is 1.82. The average Bonchev–Trinajstić information content (AvgIpc) is 2.89. The fraction of sp³-hybridized carbons (Fsp3) is 0.188. The number of hydrogen-bond donors (Lipinski definition) is 1. The highest BCUT2D eigenvalue weighted by Crippen LogP contribution is 2.27. The van der Waals surface area contributed by atoms with Crippen molar-refractivity contribution in [3.8, 4) is 11.5 Å². The molecule has 20 heavy (non-hydrogen) atoms. The number of aromatic nitrogens is 1. The third kappa shape index (κ3) is 1.89. The summed E-state index contributed by atoms with van der Waals surface area (Å²) in [5, 5.41) is 3.35. The molecule has 0 fully saturated rings. The zero-order valence-corrected chi connectivity index (χ0v) is 10.8. The monoisotopic (exact) mass is 268 g/mol. The molecule has 4 rings (SSSR count). The Morgan fingerprint density at radius 1 is 1.10 bits per heavy atom. The van der Waals surface area contributed by atoms with Crippen LogP contribution in [0.4, 0.5) is 4.39 Å². The lowest BCUT2D eigenvalue weighted by molar-refractivity contribution is 0.612. The molecule has 3 nitrogen and oxygen atoms in total. The van der Waals surface area contributed by atoms with Gasteiger partial charge in [0.05, 0.1) is 0 Å². The number of halogens is 1. The lowest BCUT2D eigenvalue weighted by Gasteiger charge is -2.17. The highest BCUT2D eigenvalue weighted by molar-refractivity contribution is 5.76. The molecule has 1 aromatic heterocycles. The van der Waals surface area contributed by atoms with Crippen LogP contribution in [-0.2, 0) is 13.0 Å². The summed E-state index contributed by atoms with van der Waals surface area (Å²) in [5.41, 5.74) is 4.74. The second-order valence-corrected chi connectivity index (χ2v) is 5.04. The van der Waals surface area contributed by atoms with Gasteiger partial charge in [-0.25, -0.2) is 9.37 Å². The van der Waals surface area contributed by atoms with Gasteiger partial charge in [-0.15, -0.1) is 0 Å². The Kier molecular flexibility index (Phi) is 2.57. The van der Waals surface area contributed by atoms with Crippen LogP contribution in [0.2, 0.25) is 0 Å². The van der Waals surface area contributed by atoms with Crippen molar-refractivity contribution in [3.63, 3.8) is 0 Å². The Morgan fingerprint density at radius 2 is 2.05 bits per heavy atom. The van der Waals surface area contributed by atoms with Crippen molar-refractivity contribution < 1.29 is 8.81 Å². The van der Waals surface area contributed by atoms with Crippen molar-refractivity contribution in [1.29, 1.82) is 0 Å². The largest absolute Gasteiger partial charge is 0.436 e. The highest BCUT2D eigenvalue weighted by Gasteiger charge is 2.13. The molecular weight excluding hydrogens is 255 g/mol. The van der Waals surface area contributed by atoms with E-state index in [0.29, 0.717) is 17.0 Å². The Morgan fingerprint density at radius 3 is 3.00 bits per heavy atom. The van der Waals surface area contributed by atoms with Crippen molar-refractivity contribution in [2.75, 3.05) is 6.54 Å². The van der Waals surface area contributed by atoms with Crippen LogP contribution in [0, 0.1) is 5.82 Å².